The maximum absolute atomic E-state index is 11.5. The SMILES string of the molecule is CSCC[N+](C)(CCSC)Cc1cc(-c2ccc(N=Nc3ccc(O)c(C(=O)O)c3)c(CSC)c2)ccc1N=Nc1ccc(O)c(COO)c1. The van der Waals surface area contributed by atoms with Gasteiger partial charge in [-0.15, -0.1) is 0 Å². The summed E-state index contributed by atoms with van der Waals surface area (Å²) in [6.07, 6.45) is 6.26. The van der Waals surface area contributed by atoms with Crippen molar-refractivity contribution in [2.45, 2.75) is 18.9 Å². The van der Waals surface area contributed by atoms with Gasteiger partial charge in [-0.2, -0.15) is 55.7 Å². The lowest BCUT2D eigenvalue weighted by molar-refractivity contribution is -0.917. The molecule has 0 fully saturated rings. The van der Waals surface area contributed by atoms with E-state index in [9.17, 15) is 20.1 Å². The van der Waals surface area contributed by atoms with Crippen LogP contribution in [0.4, 0.5) is 22.7 Å². The molecule has 0 aliphatic rings. The molecule has 4 aromatic carbocycles. The van der Waals surface area contributed by atoms with Crippen LogP contribution in [0.2, 0.25) is 0 Å². The van der Waals surface area contributed by atoms with E-state index < -0.39 is 5.97 Å². The highest BCUT2D eigenvalue weighted by Gasteiger charge is 2.24. The van der Waals surface area contributed by atoms with Gasteiger partial charge in [-0.1, -0.05) is 12.1 Å². The molecule has 0 amide bonds. The molecule has 0 bridgehead atoms. The number of aromatic carboxylic acids is 1. The third kappa shape index (κ3) is 10.8. The number of hydrogen-bond donors (Lipinski definition) is 4. The summed E-state index contributed by atoms with van der Waals surface area (Å²) >= 11 is 5.33. The predicted octanol–water partition coefficient (Wildman–Crippen LogP) is 9.82. The van der Waals surface area contributed by atoms with E-state index in [2.05, 4.69) is 57.0 Å². The summed E-state index contributed by atoms with van der Waals surface area (Å²) in [5.41, 5.74) is 6.44. The fourth-order valence-corrected chi connectivity index (χ4v) is 7.02. The largest absolute Gasteiger partial charge is 0.508 e. The third-order valence-electron chi connectivity index (χ3n) is 8.05. The van der Waals surface area contributed by atoms with Crippen molar-refractivity contribution in [2.24, 2.45) is 20.5 Å². The van der Waals surface area contributed by atoms with E-state index in [-0.39, 0.29) is 23.7 Å². The highest BCUT2D eigenvalue weighted by Crippen LogP contribution is 2.35. The summed E-state index contributed by atoms with van der Waals surface area (Å²) < 4.78 is 0.836. The summed E-state index contributed by atoms with van der Waals surface area (Å²) in [6, 6.07) is 21.1. The lowest BCUT2D eigenvalue weighted by Gasteiger charge is -2.35. The number of hydrogen-bond acceptors (Lipinski definition) is 12. The Bertz CT molecular complexity index is 1830. The van der Waals surface area contributed by atoms with Crippen molar-refractivity contribution in [3.8, 4) is 22.6 Å². The van der Waals surface area contributed by atoms with E-state index in [0.29, 0.717) is 28.4 Å². The quantitative estimate of drug-likeness (QED) is 0.0338. The van der Waals surface area contributed by atoms with Crippen molar-refractivity contribution in [1.29, 1.82) is 0 Å². The maximum Gasteiger partial charge on any atom is 0.339 e. The van der Waals surface area contributed by atoms with Gasteiger partial charge in [0.1, 0.15) is 30.2 Å². The van der Waals surface area contributed by atoms with Crippen molar-refractivity contribution in [3.63, 3.8) is 0 Å². The maximum atomic E-state index is 11.5. The number of carboxylic acids is 1. The van der Waals surface area contributed by atoms with E-state index >= 15 is 0 Å². The van der Waals surface area contributed by atoms with E-state index in [1.54, 1.807) is 23.9 Å². The van der Waals surface area contributed by atoms with Crippen LogP contribution >= 0.6 is 35.3 Å². The van der Waals surface area contributed by atoms with Crippen LogP contribution < -0.4 is 0 Å². The van der Waals surface area contributed by atoms with Gasteiger partial charge < -0.3 is 19.8 Å². The number of quaternary nitrogens is 1. The van der Waals surface area contributed by atoms with Crippen LogP contribution in [-0.2, 0) is 23.8 Å². The number of rotatable bonds is 18. The smallest absolute Gasteiger partial charge is 0.339 e. The second kappa shape index (κ2) is 18.9. The molecule has 0 aliphatic carbocycles. The van der Waals surface area contributed by atoms with E-state index in [1.165, 1.54) is 24.3 Å². The average Bonchev–Trinajstić information content (AvgIpc) is 3.10. The second-order valence-corrected chi connectivity index (χ2v) is 14.7. The molecule has 0 spiro atoms. The molecule has 0 unspecified atom stereocenters. The normalized spacial score (nSPS) is 11.9. The summed E-state index contributed by atoms with van der Waals surface area (Å²) in [5, 5.41) is 56.0. The van der Waals surface area contributed by atoms with Gasteiger partial charge in [0, 0.05) is 28.4 Å². The molecular weight excluding hydrogens is 695 g/mol. The molecule has 11 nitrogen and oxygen atoms in total. The minimum atomic E-state index is -1.24. The lowest BCUT2D eigenvalue weighted by Crippen LogP contribution is -2.46. The number of benzene rings is 4. The summed E-state index contributed by atoms with van der Waals surface area (Å²) in [7, 11) is 2.28. The molecule has 4 rings (SSSR count). The highest BCUT2D eigenvalue weighted by atomic mass is 32.2. The van der Waals surface area contributed by atoms with Crippen molar-refractivity contribution in [3.05, 3.63) is 95.1 Å². The topological polar surface area (TPSA) is 157 Å². The average molecular weight is 737 g/mol. The Morgan fingerprint density at radius 2 is 1.26 bits per heavy atom. The van der Waals surface area contributed by atoms with Crippen molar-refractivity contribution in [1.82, 2.24) is 0 Å². The molecule has 264 valence electrons. The van der Waals surface area contributed by atoms with Gasteiger partial charge in [-0.25, -0.2) is 9.68 Å². The Labute approximate surface area is 305 Å². The number of nitrogens with zero attached hydrogens (tertiary/aromatic N) is 5. The minimum absolute atomic E-state index is 0.000272. The number of phenols is 2. The first-order valence-corrected chi connectivity index (χ1v) is 19.8. The van der Waals surface area contributed by atoms with Gasteiger partial charge in [0.15, 0.2) is 0 Å². The lowest BCUT2D eigenvalue weighted by atomic mass is 9.99. The number of phenolic OH excluding ortho intramolecular Hbond substituents is 1. The molecular formula is C36H42N5O6S3+. The zero-order valence-electron chi connectivity index (χ0n) is 28.4. The Balaban J connectivity index is 1.73. The zero-order chi connectivity index (χ0) is 36.1. The van der Waals surface area contributed by atoms with Crippen LogP contribution in [0.5, 0.6) is 11.5 Å². The van der Waals surface area contributed by atoms with Gasteiger partial charge in [-0.3, -0.25) is 5.26 Å². The minimum Gasteiger partial charge on any atom is -0.508 e. The van der Waals surface area contributed by atoms with Crippen LogP contribution in [0, 0.1) is 0 Å². The molecule has 0 aromatic heterocycles. The van der Waals surface area contributed by atoms with Crippen molar-refractivity contribution < 1.29 is 34.7 Å². The van der Waals surface area contributed by atoms with Gasteiger partial charge in [0.05, 0.1) is 42.9 Å². The Hall–Kier alpha value is -3.92. The molecule has 14 heteroatoms. The summed E-state index contributed by atoms with van der Waals surface area (Å²) in [6.45, 7) is 2.57. The third-order valence-corrected chi connectivity index (χ3v) is 9.84. The molecule has 0 atom stereocenters. The number of thioether (sulfide) groups is 3. The summed E-state index contributed by atoms with van der Waals surface area (Å²) in [4.78, 5) is 15.7. The fourth-order valence-electron chi connectivity index (χ4n) is 5.23. The summed E-state index contributed by atoms with van der Waals surface area (Å²) in [5.74, 6) is 1.17. The number of carbonyl (C=O) groups is 1. The second-order valence-electron chi connectivity index (χ2n) is 11.8. The Kier molecular flexibility index (Phi) is 14.7. The van der Waals surface area contributed by atoms with E-state index in [1.807, 2.05) is 54.0 Å². The first-order valence-electron chi connectivity index (χ1n) is 15.6. The van der Waals surface area contributed by atoms with Crippen LogP contribution in [0.3, 0.4) is 0 Å². The standard InChI is InChI=1S/C36H41N5O6S3/c1-41(13-15-48-2,14-16-49-3)21-26-17-24(5-9-32(26)39-37-29-7-11-34(42)27(19-29)22-47-46)25-6-10-33(28(18-25)23-50-4)40-38-30-8-12-35(43)31(20-30)36(44)45/h5-12,17-20H,13-16,21-23H2,1-4H3,(H3-,37,38,39,40,42,43,44,45,46)/p+1. The number of azo groups is 2. The molecule has 0 aliphatic heterocycles. The van der Waals surface area contributed by atoms with Crippen LogP contribution in [0.15, 0.2) is 93.3 Å². The van der Waals surface area contributed by atoms with E-state index in [4.69, 9.17) is 5.26 Å². The highest BCUT2D eigenvalue weighted by molar-refractivity contribution is 7.98. The molecule has 4 aromatic rings. The van der Waals surface area contributed by atoms with Gasteiger partial charge in [-0.05, 0) is 96.1 Å². The van der Waals surface area contributed by atoms with E-state index in [0.717, 1.165) is 63.6 Å². The van der Waals surface area contributed by atoms with Crippen LogP contribution in [0.1, 0.15) is 27.0 Å². The Morgan fingerprint density at radius 3 is 1.82 bits per heavy atom. The van der Waals surface area contributed by atoms with Gasteiger partial charge in [0.25, 0.3) is 0 Å². The molecule has 0 saturated carbocycles. The van der Waals surface area contributed by atoms with Gasteiger partial charge >= 0.3 is 5.97 Å². The first-order chi connectivity index (χ1) is 24.1. The zero-order valence-corrected chi connectivity index (χ0v) is 30.9. The molecule has 0 heterocycles. The predicted molar refractivity (Wildman–Crippen MR) is 204 cm³/mol. The Morgan fingerprint density at radius 1 is 0.700 bits per heavy atom. The first kappa shape index (κ1) is 38.9. The molecule has 50 heavy (non-hydrogen) atoms. The number of carboxylic acid groups (broad SMARTS) is 1. The monoisotopic (exact) mass is 736 g/mol. The number of aromatic hydroxyl groups is 2. The molecule has 4 N–H and O–H groups in total. The van der Waals surface area contributed by atoms with Crippen LogP contribution in [-0.4, -0.2) is 81.4 Å². The van der Waals surface area contributed by atoms with Crippen molar-refractivity contribution in [2.75, 3.05) is 50.4 Å². The van der Waals surface area contributed by atoms with Gasteiger partial charge in [0.2, 0.25) is 0 Å². The molecule has 0 radical (unpaired) electrons. The van der Waals surface area contributed by atoms with Crippen LogP contribution in [0.25, 0.3) is 11.1 Å². The molecule has 0 saturated heterocycles. The van der Waals surface area contributed by atoms with Crippen molar-refractivity contribution >= 4 is 64.0 Å². The fraction of sp³-hybridized carbons (Fsp3) is 0.306.